The molecule has 2 aliphatic heterocycles. The van der Waals surface area contributed by atoms with Gasteiger partial charge in [-0.05, 0) is 12.8 Å². The third-order valence-corrected chi connectivity index (χ3v) is 6.37. The number of carbonyl (C=O) groups excluding carboxylic acids is 7. The summed E-state index contributed by atoms with van der Waals surface area (Å²) in [6, 6.07) is -1.42. The topological polar surface area (TPSA) is 153 Å². The van der Waals surface area contributed by atoms with Crippen molar-refractivity contribution in [3.05, 3.63) is 0 Å². The second-order valence-electron chi connectivity index (χ2n) is 8.75. The number of imide groups is 3. The molecule has 12 heteroatoms. The third kappa shape index (κ3) is 5.49. The Labute approximate surface area is 197 Å². The van der Waals surface area contributed by atoms with E-state index in [4.69, 9.17) is 0 Å². The number of barbiturate groups is 1. The molecule has 34 heavy (non-hydrogen) atoms. The van der Waals surface area contributed by atoms with Gasteiger partial charge in [0.2, 0.25) is 5.91 Å². The maximum absolute atomic E-state index is 12.4. The standard InChI is InChI=1S/C22H32N4O8/c1-23-17(29)15(18(30)24(2)21(23)33)13(27)11-9-7-5-6-8-10-12-14(28)16-19(31)25(3)22(34)26(4)20(16)32/h15-17,29H,5-12H2,1-4H3. The number of unbranched alkanes of at least 4 members (excludes halogenated alkanes) is 5. The van der Waals surface area contributed by atoms with Gasteiger partial charge in [0.25, 0.3) is 11.8 Å². The first-order chi connectivity index (χ1) is 15.9. The monoisotopic (exact) mass is 480 g/mol. The van der Waals surface area contributed by atoms with Crippen LogP contribution in [0.15, 0.2) is 0 Å². The van der Waals surface area contributed by atoms with Crippen LogP contribution in [0.5, 0.6) is 0 Å². The van der Waals surface area contributed by atoms with Crippen LogP contribution in [-0.2, 0) is 24.0 Å². The normalized spacial score (nSPS) is 22.2. The quantitative estimate of drug-likeness (QED) is 0.329. The zero-order valence-electron chi connectivity index (χ0n) is 20.0. The number of rotatable bonds is 11. The van der Waals surface area contributed by atoms with E-state index < -0.39 is 59.4 Å². The Morgan fingerprint density at radius 1 is 0.647 bits per heavy atom. The maximum Gasteiger partial charge on any atom is 0.332 e. The van der Waals surface area contributed by atoms with Crippen molar-refractivity contribution >= 4 is 41.4 Å². The molecule has 2 rings (SSSR count). The molecule has 2 aliphatic rings. The average Bonchev–Trinajstić information content (AvgIpc) is 2.80. The van der Waals surface area contributed by atoms with E-state index in [1.165, 1.54) is 28.2 Å². The van der Waals surface area contributed by atoms with Crippen molar-refractivity contribution in [1.29, 1.82) is 0 Å². The molecule has 0 aromatic heterocycles. The van der Waals surface area contributed by atoms with Gasteiger partial charge < -0.3 is 10.0 Å². The van der Waals surface area contributed by atoms with Gasteiger partial charge in [-0.2, -0.15) is 0 Å². The highest BCUT2D eigenvalue weighted by atomic mass is 16.3. The van der Waals surface area contributed by atoms with E-state index in [2.05, 4.69) is 0 Å². The van der Waals surface area contributed by atoms with Gasteiger partial charge in [-0.15, -0.1) is 0 Å². The summed E-state index contributed by atoms with van der Waals surface area (Å²) in [6.07, 6.45) is 2.65. The number of hydrogen-bond acceptors (Lipinski definition) is 8. The molecule has 2 heterocycles. The molecule has 0 spiro atoms. The lowest BCUT2D eigenvalue weighted by Crippen LogP contribution is -2.61. The third-order valence-electron chi connectivity index (χ3n) is 6.37. The van der Waals surface area contributed by atoms with E-state index in [0.717, 1.165) is 32.4 Å². The van der Waals surface area contributed by atoms with E-state index in [-0.39, 0.29) is 12.8 Å². The lowest BCUT2D eigenvalue weighted by molar-refractivity contribution is -0.155. The Hall–Kier alpha value is -3.15. The predicted molar refractivity (Wildman–Crippen MR) is 117 cm³/mol. The van der Waals surface area contributed by atoms with Gasteiger partial charge in [-0.3, -0.25) is 38.7 Å². The predicted octanol–water partition coefficient (Wildman–Crippen LogP) is 0.370. The summed E-state index contributed by atoms with van der Waals surface area (Å²) in [5, 5.41) is 10.1. The Morgan fingerprint density at radius 3 is 1.56 bits per heavy atom. The van der Waals surface area contributed by atoms with E-state index in [1.54, 1.807) is 0 Å². The first-order valence-electron chi connectivity index (χ1n) is 11.3. The molecule has 1 N–H and O–H groups in total. The molecule has 188 valence electrons. The number of Topliss-reactive ketones (excluding diaryl/α,β-unsaturated/α-hetero) is 2. The Balaban J connectivity index is 1.66. The lowest BCUT2D eigenvalue weighted by Gasteiger charge is -2.38. The fourth-order valence-electron chi connectivity index (χ4n) is 4.10. The van der Waals surface area contributed by atoms with Crippen LogP contribution in [0.3, 0.4) is 0 Å². The van der Waals surface area contributed by atoms with Crippen LogP contribution < -0.4 is 0 Å². The summed E-state index contributed by atoms with van der Waals surface area (Å²) in [5.74, 6) is -5.97. The van der Waals surface area contributed by atoms with Crippen LogP contribution in [-0.4, -0.2) is 100 Å². The maximum atomic E-state index is 12.4. The SMILES string of the molecule is CN1C(=O)C(C(=O)CCCCCCCCC(=O)C2C(=O)N(C)C(=O)N(C)C2O)C(=O)N(C)C1=O. The van der Waals surface area contributed by atoms with Crippen molar-refractivity contribution in [3.8, 4) is 0 Å². The molecule has 0 saturated carbocycles. The number of hydrogen-bond donors (Lipinski definition) is 1. The highest BCUT2D eigenvalue weighted by Crippen LogP contribution is 2.23. The summed E-state index contributed by atoms with van der Waals surface area (Å²) >= 11 is 0. The number of amides is 7. The minimum absolute atomic E-state index is 0.0535. The van der Waals surface area contributed by atoms with Gasteiger partial charge in [0.15, 0.2) is 11.7 Å². The van der Waals surface area contributed by atoms with Crippen LogP contribution in [0.1, 0.15) is 51.4 Å². The first kappa shape index (κ1) is 27.1. The molecule has 0 aliphatic carbocycles. The minimum Gasteiger partial charge on any atom is -0.372 e. The molecule has 7 amide bonds. The van der Waals surface area contributed by atoms with Crippen molar-refractivity contribution in [2.75, 3.05) is 28.2 Å². The Morgan fingerprint density at radius 2 is 1.06 bits per heavy atom. The fourth-order valence-corrected chi connectivity index (χ4v) is 4.10. The number of aliphatic hydroxyl groups excluding tert-OH is 1. The number of ketones is 2. The van der Waals surface area contributed by atoms with E-state index in [1.807, 2.05) is 0 Å². The summed E-state index contributed by atoms with van der Waals surface area (Å²) < 4.78 is 0. The van der Waals surface area contributed by atoms with Crippen molar-refractivity contribution in [2.45, 2.75) is 57.6 Å². The summed E-state index contributed by atoms with van der Waals surface area (Å²) in [4.78, 5) is 88.2. The first-order valence-corrected chi connectivity index (χ1v) is 11.3. The molecular weight excluding hydrogens is 448 g/mol. The zero-order valence-corrected chi connectivity index (χ0v) is 20.0. The summed E-state index contributed by atoms with van der Waals surface area (Å²) in [5.41, 5.74) is 0. The summed E-state index contributed by atoms with van der Waals surface area (Å²) in [6.45, 7) is 0. The summed E-state index contributed by atoms with van der Waals surface area (Å²) in [7, 11) is 5.07. The van der Waals surface area contributed by atoms with Crippen LogP contribution >= 0.6 is 0 Å². The lowest BCUT2D eigenvalue weighted by atomic mass is 9.93. The van der Waals surface area contributed by atoms with Crippen LogP contribution in [0.4, 0.5) is 9.59 Å². The number of urea groups is 2. The fraction of sp³-hybridized carbons (Fsp3) is 0.682. The van der Waals surface area contributed by atoms with E-state index in [9.17, 15) is 38.7 Å². The molecule has 12 nitrogen and oxygen atoms in total. The van der Waals surface area contributed by atoms with Crippen molar-refractivity contribution < 1.29 is 38.7 Å². The van der Waals surface area contributed by atoms with Gasteiger partial charge in [0.05, 0.1) is 0 Å². The van der Waals surface area contributed by atoms with Gasteiger partial charge in [-0.1, -0.05) is 25.7 Å². The molecule has 0 aromatic carbocycles. The van der Waals surface area contributed by atoms with Crippen LogP contribution in [0.25, 0.3) is 0 Å². The second-order valence-corrected chi connectivity index (χ2v) is 8.75. The Bertz CT molecular complexity index is 864. The second kappa shape index (κ2) is 11.3. The van der Waals surface area contributed by atoms with E-state index in [0.29, 0.717) is 25.7 Å². The van der Waals surface area contributed by atoms with E-state index >= 15 is 0 Å². The molecule has 0 bridgehead atoms. The smallest absolute Gasteiger partial charge is 0.332 e. The molecule has 0 radical (unpaired) electrons. The van der Waals surface area contributed by atoms with Gasteiger partial charge in [-0.25, -0.2) is 9.59 Å². The van der Waals surface area contributed by atoms with Gasteiger partial charge >= 0.3 is 12.1 Å². The molecule has 2 atom stereocenters. The Kier molecular flexibility index (Phi) is 9.02. The van der Waals surface area contributed by atoms with Gasteiger partial charge in [0.1, 0.15) is 17.9 Å². The number of aliphatic hydroxyl groups is 1. The highest BCUT2D eigenvalue weighted by Gasteiger charge is 2.46. The van der Waals surface area contributed by atoms with Crippen LogP contribution in [0.2, 0.25) is 0 Å². The van der Waals surface area contributed by atoms with Crippen LogP contribution in [0, 0.1) is 11.8 Å². The molecule has 2 saturated heterocycles. The van der Waals surface area contributed by atoms with Crippen molar-refractivity contribution in [3.63, 3.8) is 0 Å². The van der Waals surface area contributed by atoms with Crippen molar-refractivity contribution in [2.24, 2.45) is 11.8 Å². The molecule has 2 fully saturated rings. The zero-order chi connectivity index (χ0) is 25.7. The number of carbonyl (C=O) groups is 7. The molecular formula is C22H32N4O8. The highest BCUT2D eigenvalue weighted by molar-refractivity contribution is 6.26. The number of nitrogens with zero attached hydrogens (tertiary/aromatic N) is 4. The molecule has 2 unspecified atom stereocenters. The van der Waals surface area contributed by atoms with Crippen molar-refractivity contribution in [1.82, 2.24) is 19.6 Å². The average molecular weight is 481 g/mol. The molecule has 0 aromatic rings. The minimum atomic E-state index is -1.47. The van der Waals surface area contributed by atoms with Gasteiger partial charge in [0, 0.05) is 41.0 Å². The largest absolute Gasteiger partial charge is 0.372 e.